The average molecular weight is 239 g/mol. The van der Waals surface area contributed by atoms with E-state index < -0.39 is 6.04 Å². The van der Waals surface area contributed by atoms with E-state index in [1.807, 2.05) is 19.9 Å². The van der Waals surface area contributed by atoms with E-state index in [-0.39, 0.29) is 24.2 Å². The molecular formula is C12H21N3O2. The van der Waals surface area contributed by atoms with E-state index >= 15 is 0 Å². The molecule has 0 aliphatic rings. The van der Waals surface area contributed by atoms with Gasteiger partial charge in [0.1, 0.15) is 0 Å². The fraction of sp³-hybridized carbons (Fsp3) is 0.750. The Bertz CT molecular complexity index is 307. The van der Waals surface area contributed by atoms with Gasteiger partial charge in [0, 0.05) is 13.0 Å². The van der Waals surface area contributed by atoms with Crippen LogP contribution in [-0.2, 0) is 9.59 Å². The largest absolute Gasteiger partial charge is 0.345 e. The number of likely N-dealkylation sites (N-methyl/N-ethyl adjacent to an activating group) is 1. The van der Waals surface area contributed by atoms with Crippen LogP contribution in [0.3, 0.4) is 0 Å². The molecule has 1 unspecified atom stereocenters. The number of carbonyl (C=O) groups excluding carboxylic acids is 2. The Morgan fingerprint density at radius 3 is 2.41 bits per heavy atom. The highest BCUT2D eigenvalue weighted by Gasteiger charge is 2.20. The number of rotatable bonds is 7. The molecule has 96 valence electrons. The van der Waals surface area contributed by atoms with Gasteiger partial charge >= 0.3 is 0 Å². The molecule has 0 aliphatic heterocycles. The number of Topliss-reactive ketones (excluding diaryl/α,β-unsaturated/α-hetero) is 1. The zero-order valence-corrected chi connectivity index (χ0v) is 11.0. The minimum atomic E-state index is -0.424. The molecular weight excluding hydrogens is 218 g/mol. The zero-order valence-electron chi connectivity index (χ0n) is 11.0. The molecule has 0 rings (SSSR count). The van der Waals surface area contributed by atoms with Crippen LogP contribution in [0.4, 0.5) is 0 Å². The molecule has 0 heterocycles. The molecule has 5 nitrogen and oxygen atoms in total. The lowest BCUT2D eigenvalue weighted by Crippen LogP contribution is -2.46. The molecule has 0 aromatic heterocycles. The number of hydrogen-bond acceptors (Lipinski definition) is 4. The van der Waals surface area contributed by atoms with Crippen LogP contribution >= 0.6 is 0 Å². The van der Waals surface area contributed by atoms with E-state index in [0.29, 0.717) is 13.0 Å². The monoisotopic (exact) mass is 239 g/mol. The van der Waals surface area contributed by atoms with E-state index in [2.05, 4.69) is 5.32 Å². The van der Waals surface area contributed by atoms with Gasteiger partial charge in [-0.2, -0.15) is 5.26 Å². The fourth-order valence-corrected chi connectivity index (χ4v) is 1.52. The summed E-state index contributed by atoms with van der Waals surface area (Å²) in [5.41, 5.74) is 0. The summed E-state index contributed by atoms with van der Waals surface area (Å²) in [7, 11) is 1.77. The highest BCUT2D eigenvalue weighted by atomic mass is 16.2. The van der Waals surface area contributed by atoms with Crippen molar-refractivity contribution in [1.29, 1.82) is 5.26 Å². The quantitative estimate of drug-likeness (QED) is 0.704. The Hall–Kier alpha value is -1.41. The molecule has 1 amide bonds. The van der Waals surface area contributed by atoms with Crippen LogP contribution in [0.5, 0.6) is 0 Å². The van der Waals surface area contributed by atoms with Gasteiger partial charge in [0.2, 0.25) is 5.91 Å². The Kier molecular flexibility index (Phi) is 7.15. The van der Waals surface area contributed by atoms with E-state index in [0.717, 1.165) is 0 Å². The van der Waals surface area contributed by atoms with Gasteiger partial charge in [-0.25, -0.2) is 0 Å². The van der Waals surface area contributed by atoms with Crippen molar-refractivity contribution >= 4 is 11.7 Å². The summed E-state index contributed by atoms with van der Waals surface area (Å²) >= 11 is 0. The van der Waals surface area contributed by atoms with Gasteiger partial charge in [0.25, 0.3) is 0 Å². The summed E-state index contributed by atoms with van der Waals surface area (Å²) in [6, 6.07) is 1.60. The van der Waals surface area contributed by atoms with Crippen LogP contribution in [0.2, 0.25) is 0 Å². The number of amides is 1. The Morgan fingerprint density at radius 1 is 1.41 bits per heavy atom. The minimum absolute atomic E-state index is 0.0342. The zero-order chi connectivity index (χ0) is 13.4. The van der Waals surface area contributed by atoms with Crippen molar-refractivity contribution in [3.8, 4) is 6.07 Å². The summed E-state index contributed by atoms with van der Waals surface area (Å²) in [6.45, 7) is 6.02. The van der Waals surface area contributed by atoms with Crippen LogP contribution in [0.25, 0.3) is 0 Å². The molecule has 1 atom stereocenters. The second-order valence-electron chi connectivity index (χ2n) is 4.55. The number of carbonyl (C=O) groups is 2. The third-order valence-electron chi connectivity index (χ3n) is 2.44. The van der Waals surface area contributed by atoms with Crippen molar-refractivity contribution in [2.75, 3.05) is 20.1 Å². The SMILES string of the molecule is CC(=O)C(NC(=O)CN(C)CCC#N)C(C)C. The van der Waals surface area contributed by atoms with E-state index in [1.54, 1.807) is 11.9 Å². The van der Waals surface area contributed by atoms with E-state index in [9.17, 15) is 9.59 Å². The van der Waals surface area contributed by atoms with Crippen molar-refractivity contribution in [3.05, 3.63) is 0 Å². The minimum Gasteiger partial charge on any atom is -0.345 e. The first kappa shape index (κ1) is 15.6. The van der Waals surface area contributed by atoms with Crippen molar-refractivity contribution < 1.29 is 9.59 Å². The Balaban J connectivity index is 4.16. The standard InChI is InChI=1S/C12H21N3O2/c1-9(2)12(10(3)16)14-11(17)8-15(4)7-5-6-13/h9,12H,5,7-8H2,1-4H3,(H,14,17). The van der Waals surface area contributed by atoms with Gasteiger partial charge in [-0.3, -0.25) is 14.5 Å². The summed E-state index contributed by atoms with van der Waals surface area (Å²) in [6.07, 6.45) is 0.393. The third kappa shape index (κ3) is 6.69. The number of ketones is 1. The highest BCUT2D eigenvalue weighted by molar-refractivity contribution is 5.88. The van der Waals surface area contributed by atoms with Crippen molar-refractivity contribution in [2.45, 2.75) is 33.2 Å². The molecule has 0 aliphatic carbocycles. The molecule has 0 bridgehead atoms. The van der Waals surface area contributed by atoms with Gasteiger partial charge in [-0.15, -0.1) is 0 Å². The molecule has 0 saturated carbocycles. The lowest BCUT2D eigenvalue weighted by Gasteiger charge is -2.21. The lowest BCUT2D eigenvalue weighted by molar-refractivity contribution is -0.128. The van der Waals surface area contributed by atoms with Crippen LogP contribution in [0.1, 0.15) is 27.2 Å². The van der Waals surface area contributed by atoms with Crippen molar-refractivity contribution in [3.63, 3.8) is 0 Å². The number of hydrogen-bond donors (Lipinski definition) is 1. The second kappa shape index (κ2) is 7.80. The maximum absolute atomic E-state index is 11.6. The topological polar surface area (TPSA) is 73.2 Å². The number of nitrogens with one attached hydrogen (secondary N) is 1. The van der Waals surface area contributed by atoms with Crippen molar-refractivity contribution in [2.24, 2.45) is 5.92 Å². The predicted octanol–water partition coefficient (Wildman–Crippen LogP) is 0.562. The summed E-state index contributed by atoms with van der Waals surface area (Å²) in [4.78, 5) is 24.7. The Morgan fingerprint density at radius 2 is 2.00 bits per heavy atom. The molecule has 0 fully saturated rings. The maximum atomic E-state index is 11.6. The molecule has 0 aromatic rings. The van der Waals surface area contributed by atoms with Gasteiger partial charge in [-0.05, 0) is 19.9 Å². The summed E-state index contributed by atoms with van der Waals surface area (Å²) in [5, 5.41) is 11.1. The van der Waals surface area contributed by atoms with Crippen LogP contribution in [0, 0.1) is 17.2 Å². The van der Waals surface area contributed by atoms with Crippen LogP contribution in [-0.4, -0.2) is 42.8 Å². The smallest absolute Gasteiger partial charge is 0.234 e. The van der Waals surface area contributed by atoms with Crippen LogP contribution < -0.4 is 5.32 Å². The van der Waals surface area contributed by atoms with E-state index in [1.165, 1.54) is 6.92 Å². The highest BCUT2D eigenvalue weighted by Crippen LogP contribution is 2.02. The fourth-order valence-electron chi connectivity index (χ4n) is 1.52. The van der Waals surface area contributed by atoms with Gasteiger partial charge in [0.05, 0.1) is 18.7 Å². The van der Waals surface area contributed by atoms with Crippen LogP contribution in [0.15, 0.2) is 0 Å². The van der Waals surface area contributed by atoms with Crippen molar-refractivity contribution in [1.82, 2.24) is 10.2 Å². The summed E-state index contributed by atoms with van der Waals surface area (Å²) in [5.74, 6) is -0.131. The first-order chi connectivity index (χ1) is 7.88. The molecule has 0 aromatic carbocycles. The lowest BCUT2D eigenvalue weighted by atomic mass is 10.0. The molecule has 0 radical (unpaired) electrons. The Labute approximate surface area is 103 Å². The predicted molar refractivity (Wildman–Crippen MR) is 65.2 cm³/mol. The second-order valence-corrected chi connectivity index (χ2v) is 4.55. The normalized spacial score (nSPS) is 12.3. The average Bonchev–Trinajstić information content (AvgIpc) is 2.22. The maximum Gasteiger partial charge on any atom is 0.234 e. The third-order valence-corrected chi connectivity index (χ3v) is 2.44. The first-order valence-electron chi connectivity index (χ1n) is 5.73. The molecule has 17 heavy (non-hydrogen) atoms. The first-order valence-corrected chi connectivity index (χ1v) is 5.73. The number of nitrogens with zero attached hydrogens (tertiary/aromatic N) is 2. The molecule has 1 N–H and O–H groups in total. The molecule has 0 spiro atoms. The van der Waals surface area contributed by atoms with E-state index in [4.69, 9.17) is 5.26 Å². The molecule has 0 saturated heterocycles. The summed E-state index contributed by atoms with van der Waals surface area (Å²) < 4.78 is 0. The van der Waals surface area contributed by atoms with Gasteiger partial charge < -0.3 is 5.32 Å². The van der Waals surface area contributed by atoms with Gasteiger partial charge in [0.15, 0.2) is 5.78 Å². The molecule has 5 heteroatoms. The number of nitriles is 1. The van der Waals surface area contributed by atoms with Gasteiger partial charge in [-0.1, -0.05) is 13.8 Å².